The monoisotopic (exact) mass is 245 g/mol. The molecular weight excluding hydrogens is 234 g/mol. The molecule has 1 heterocycles. The number of aromatic nitrogens is 1. The molecule has 0 spiro atoms. The summed E-state index contributed by atoms with van der Waals surface area (Å²) in [7, 11) is -2.80. The number of likely N-dealkylation sites (N-methyl/N-ethyl adjacent to an activating group) is 1. The fourth-order valence-electron chi connectivity index (χ4n) is 1.07. The van der Waals surface area contributed by atoms with Gasteiger partial charge in [-0.1, -0.05) is 0 Å². The van der Waals surface area contributed by atoms with Gasteiger partial charge in [0.2, 0.25) is 21.4 Å². The molecule has 0 radical (unpaired) electrons. The summed E-state index contributed by atoms with van der Waals surface area (Å²) in [5, 5.41) is 0. The van der Waals surface area contributed by atoms with Crippen molar-refractivity contribution < 1.29 is 13.2 Å². The summed E-state index contributed by atoms with van der Waals surface area (Å²) in [5.41, 5.74) is 4.23. The van der Waals surface area contributed by atoms with Crippen LogP contribution in [0.15, 0.2) is 28.2 Å². The second kappa shape index (κ2) is 4.45. The minimum atomic E-state index is -3.98. The second-order valence-electron chi connectivity index (χ2n) is 3.10. The highest BCUT2D eigenvalue weighted by Gasteiger charge is 2.24. The van der Waals surface area contributed by atoms with Gasteiger partial charge in [0.25, 0.3) is 0 Å². The zero-order chi connectivity index (χ0) is 12.3. The number of primary amides is 1. The van der Waals surface area contributed by atoms with E-state index in [1.54, 1.807) is 0 Å². The number of nitrogens with two attached hydrogens (primary N) is 1. The summed E-state index contributed by atoms with van der Waals surface area (Å²) in [6.07, 6.45) is 2.38. The van der Waals surface area contributed by atoms with Crippen LogP contribution in [-0.2, 0) is 14.8 Å². The molecule has 3 N–H and O–H groups in total. The van der Waals surface area contributed by atoms with Crippen LogP contribution in [0.1, 0.15) is 0 Å². The predicted octanol–water partition coefficient (Wildman–Crippen LogP) is -1.52. The Morgan fingerprint density at radius 1 is 1.56 bits per heavy atom. The number of nitrogens with one attached hydrogen (secondary N) is 1. The van der Waals surface area contributed by atoms with Crippen molar-refractivity contribution in [2.75, 3.05) is 13.6 Å². The maximum atomic E-state index is 11.8. The van der Waals surface area contributed by atoms with Crippen molar-refractivity contribution in [2.24, 2.45) is 5.73 Å². The normalized spacial score (nSPS) is 11.6. The summed E-state index contributed by atoms with van der Waals surface area (Å²) >= 11 is 0. The van der Waals surface area contributed by atoms with E-state index in [-0.39, 0.29) is 0 Å². The fraction of sp³-hybridized carbons (Fsp3) is 0.250. The number of hydrogen-bond acceptors (Lipinski definition) is 4. The first-order valence-corrected chi connectivity index (χ1v) is 5.71. The van der Waals surface area contributed by atoms with Gasteiger partial charge in [-0.15, -0.1) is 0 Å². The standard InChI is InChI=1S/C8H11N3O4S/c1-11(5-8(9)13)16(14,15)7-4-10-3-2-6(7)12/h2-4H,5H2,1H3,(H2,9,13)(H,10,12). The van der Waals surface area contributed by atoms with E-state index in [4.69, 9.17) is 5.73 Å². The van der Waals surface area contributed by atoms with Crippen molar-refractivity contribution in [3.63, 3.8) is 0 Å². The molecule has 0 saturated carbocycles. The first-order chi connectivity index (χ1) is 7.35. The van der Waals surface area contributed by atoms with Crippen molar-refractivity contribution >= 4 is 15.9 Å². The van der Waals surface area contributed by atoms with Crippen molar-refractivity contribution in [3.8, 4) is 0 Å². The minimum Gasteiger partial charge on any atom is -0.369 e. The molecule has 0 aromatic carbocycles. The number of rotatable bonds is 4. The fourth-order valence-corrected chi connectivity index (χ4v) is 2.25. The van der Waals surface area contributed by atoms with Crippen LogP contribution < -0.4 is 11.2 Å². The summed E-state index contributed by atoms with van der Waals surface area (Å²) < 4.78 is 24.3. The number of sulfonamides is 1. The first kappa shape index (κ1) is 12.4. The Bertz CT molecular complexity index is 548. The zero-order valence-corrected chi connectivity index (χ0v) is 9.32. The van der Waals surface area contributed by atoms with Crippen LogP contribution >= 0.6 is 0 Å². The van der Waals surface area contributed by atoms with Gasteiger partial charge in [-0.05, 0) is 0 Å². The molecule has 1 rings (SSSR count). The highest BCUT2D eigenvalue weighted by atomic mass is 32.2. The lowest BCUT2D eigenvalue weighted by atomic mass is 10.5. The molecule has 0 aliphatic rings. The average Bonchev–Trinajstić information content (AvgIpc) is 2.16. The van der Waals surface area contributed by atoms with Crippen LogP contribution in [0, 0.1) is 0 Å². The lowest BCUT2D eigenvalue weighted by Crippen LogP contribution is -2.37. The highest BCUT2D eigenvalue weighted by Crippen LogP contribution is 2.07. The number of carbonyl (C=O) groups excluding carboxylic acids is 1. The molecule has 0 aliphatic carbocycles. The number of hydrogen-bond donors (Lipinski definition) is 2. The number of H-pyrrole nitrogens is 1. The van der Waals surface area contributed by atoms with E-state index in [2.05, 4.69) is 4.98 Å². The molecule has 0 saturated heterocycles. The lowest BCUT2D eigenvalue weighted by Gasteiger charge is -2.14. The van der Waals surface area contributed by atoms with Gasteiger partial charge in [0, 0.05) is 25.5 Å². The third-order valence-corrected chi connectivity index (χ3v) is 3.68. The molecule has 1 aromatic rings. The first-order valence-electron chi connectivity index (χ1n) is 4.27. The Balaban J connectivity index is 3.18. The van der Waals surface area contributed by atoms with E-state index in [1.165, 1.54) is 13.2 Å². The smallest absolute Gasteiger partial charge is 0.248 e. The Morgan fingerprint density at radius 3 is 2.69 bits per heavy atom. The van der Waals surface area contributed by atoms with E-state index in [1.807, 2.05) is 0 Å². The lowest BCUT2D eigenvalue weighted by molar-refractivity contribution is -0.118. The molecule has 0 fully saturated rings. The number of pyridine rings is 1. The molecule has 88 valence electrons. The van der Waals surface area contributed by atoms with Gasteiger partial charge >= 0.3 is 0 Å². The van der Waals surface area contributed by atoms with Gasteiger partial charge in [-0.3, -0.25) is 9.59 Å². The number of aromatic amines is 1. The third kappa shape index (κ3) is 2.47. The summed E-state index contributed by atoms with van der Waals surface area (Å²) in [6, 6.07) is 1.09. The zero-order valence-electron chi connectivity index (χ0n) is 8.50. The molecule has 16 heavy (non-hydrogen) atoms. The predicted molar refractivity (Wildman–Crippen MR) is 56.1 cm³/mol. The van der Waals surface area contributed by atoms with E-state index >= 15 is 0 Å². The van der Waals surface area contributed by atoms with Gasteiger partial charge in [-0.2, -0.15) is 4.31 Å². The quantitative estimate of drug-likeness (QED) is 0.670. The molecular formula is C8H11N3O4S. The Kier molecular flexibility index (Phi) is 3.45. The molecule has 8 heteroatoms. The topological polar surface area (TPSA) is 113 Å². The maximum absolute atomic E-state index is 11.8. The largest absolute Gasteiger partial charge is 0.369 e. The Labute approximate surface area is 91.9 Å². The molecule has 0 aliphatic heterocycles. The number of carbonyl (C=O) groups is 1. The van der Waals surface area contributed by atoms with Crippen molar-refractivity contribution in [1.29, 1.82) is 0 Å². The third-order valence-electron chi connectivity index (χ3n) is 1.85. The maximum Gasteiger partial charge on any atom is 0.248 e. The van der Waals surface area contributed by atoms with Crippen LogP contribution in [0.25, 0.3) is 0 Å². The van der Waals surface area contributed by atoms with Crippen LogP contribution in [0.3, 0.4) is 0 Å². The Hall–Kier alpha value is -1.67. The van der Waals surface area contributed by atoms with Gasteiger partial charge in [0.1, 0.15) is 4.90 Å². The van der Waals surface area contributed by atoms with Gasteiger partial charge in [0.05, 0.1) is 6.54 Å². The van der Waals surface area contributed by atoms with E-state index in [9.17, 15) is 18.0 Å². The van der Waals surface area contributed by atoms with Crippen LogP contribution in [-0.4, -0.2) is 37.2 Å². The molecule has 0 atom stereocenters. The Morgan fingerprint density at radius 2 is 2.19 bits per heavy atom. The van der Waals surface area contributed by atoms with Gasteiger partial charge in [-0.25, -0.2) is 8.42 Å². The second-order valence-corrected chi connectivity index (χ2v) is 5.11. The van der Waals surface area contributed by atoms with E-state index < -0.39 is 32.8 Å². The van der Waals surface area contributed by atoms with Gasteiger partial charge < -0.3 is 10.7 Å². The molecule has 1 amide bonds. The van der Waals surface area contributed by atoms with Gasteiger partial charge in [0.15, 0.2) is 0 Å². The SMILES string of the molecule is CN(CC(N)=O)S(=O)(=O)c1c[nH]ccc1=O. The molecule has 7 nitrogen and oxygen atoms in total. The minimum absolute atomic E-state index is 0.418. The highest BCUT2D eigenvalue weighted by molar-refractivity contribution is 7.89. The van der Waals surface area contributed by atoms with E-state index in [0.717, 1.165) is 16.6 Å². The van der Waals surface area contributed by atoms with Crippen LogP contribution in [0.5, 0.6) is 0 Å². The number of nitrogens with zero attached hydrogens (tertiary/aromatic N) is 1. The summed E-state index contributed by atoms with van der Waals surface area (Å²) in [4.78, 5) is 24.0. The van der Waals surface area contributed by atoms with E-state index in [0.29, 0.717) is 0 Å². The summed E-state index contributed by atoms with van der Waals surface area (Å²) in [5.74, 6) is -0.793. The molecule has 1 aromatic heterocycles. The van der Waals surface area contributed by atoms with Crippen LogP contribution in [0.2, 0.25) is 0 Å². The van der Waals surface area contributed by atoms with Crippen molar-refractivity contribution in [2.45, 2.75) is 4.90 Å². The summed E-state index contributed by atoms with van der Waals surface area (Å²) in [6.45, 7) is -0.476. The average molecular weight is 245 g/mol. The van der Waals surface area contributed by atoms with Crippen molar-refractivity contribution in [1.82, 2.24) is 9.29 Å². The number of amides is 1. The van der Waals surface area contributed by atoms with Crippen molar-refractivity contribution in [3.05, 3.63) is 28.7 Å². The molecule has 0 bridgehead atoms. The molecule has 0 unspecified atom stereocenters. The van der Waals surface area contributed by atoms with Crippen LogP contribution in [0.4, 0.5) is 0 Å².